The molecule has 1 N–H and O–H groups in total. The number of nitrogens with zero attached hydrogens (tertiary/aromatic N) is 1. The largest absolute Gasteiger partial charge is 0.494 e. The molecule has 0 aliphatic carbocycles. The summed E-state index contributed by atoms with van der Waals surface area (Å²) < 4.78 is 12.1. The Balaban J connectivity index is 1.64. The average molecular weight is 401 g/mol. The number of carbonyl (C=O) groups excluding carboxylic acids is 1. The maximum atomic E-state index is 12.4. The fraction of sp³-hybridized carbons (Fsp3) is 0.429. The molecule has 0 unspecified atom stereocenters. The van der Waals surface area contributed by atoms with Crippen molar-refractivity contribution in [3.05, 3.63) is 52.8 Å². The Hall–Kier alpha value is -1.89. The Labute approximate surface area is 171 Å². The molecule has 0 radical (unpaired) electrons. The molecule has 2 heterocycles. The number of hydrogen-bond acceptors (Lipinski definition) is 4. The second-order valence-corrected chi connectivity index (χ2v) is 8.41. The summed E-state index contributed by atoms with van der Waals surface area (Å²) in [5, 5.41) is 3.36. The van der Waals surface area contributed by atoms with Crippen molar-refractivity contribution in [1.82, 2.24) is 4.98 Å². The molecule has 148 valence electrons. The molecule has 1 amide bonds. The minimum atomic E-state index is -0.407. The van der Waals surface area contributed by atoms with E-state index in [1.807, 2.05) is 58.9 Å². The van der Waals surface area contributed by atoms with Crippen LogP contribution in [0.15, 0.2) is 36.5 Å². The fourth-order valence-corrected chi connectivity index (χ4v) is 3.27. The van der Waals surface area contributed by atoms with E-state index in [4.69, 9.17) is 20.9 Å². The SMILES string of the molecule is CCc1nccc(NC(=O)Cc2ccc(B3OC(C)(C)C(C)(C)O3)cc2)c1Cl. The van der Waals surface area contributed by atoms with Crippen LogP contribution < -0.4 is 10.8 Å². The molecule has 28 heavy (non-hydrogen) atoms. The highest BCUT2D eigenvalue weighted by Crippen LogP contribution is 2.36. The third kappa shape index (κ3) is 4.24. The lowest BCUT2D eigenvalue weighted by molar-refractivity contribution is -0.115. The summed E-state index contributed by atoms with van der Waals surface area (Å²) in [7, 11) is -0.407. The van der Waals surface area contributed by atoms with Crippen LogP contribution in [-0.2, 0) is 26.9 Å². The number of anilines is 1. The smallest absolute Gasteiger partial charge is 0.399 e. The Morgan fingerprint density at radius 2 is 1.71 bits per heavy atom. The van der Waals surface area contributed by atoms with Crippen molar-refractivity contribution < 1.29 is 14.1 Å². The Bertz CT molecular complexity index is 852. The molecule has 1 aromatic carbocycles. The van der Waals surface area contributed by atoms with E-state index in [0.29, 0.717) is 17.1 Å². The molecule has 1 aliphatic heterocycles. The van der Waals surface area contributed by atoms with Crippen molar-refractivity contribution in [2.75, 3.05) is 5.32 Å². The monoisotopic (exact) mass is 400 g/mol. The van der Waals surface area contributed by atoms with Crippen LogP contribution in [0.25, 0.3) is 0 Å². The third-order valence-corrected chi connectivity index (χ3v) is 5.86. The molecule has 0 bridgehead atoms. The second-order valence-electron chi connectivity index (χ2n) is 8.03. The van der Waals surface area contributed by atoms with E-state index < -0.39 is 7.12 Å². The van der Waals surface area contributed by atoms with Crippen LogP contribution >= 0.6 is 11.6 Å². The number of pyridine rings is 1. The highest BCUT2D eigenvalue weighted by atomic mass is 35.5. The van der Waals surface area contributed by atoms with Crippen molar-refractivity contribution in [2.45, 2.75) is 58.7 Å². The van der Waals surface area contributed by atoms with Gasteiger partial charge in [-0.25, -0.2) is 0 Å². The lowest BCUT2D eigenvalue weighted by Gasteiger charge is -2.32. The molecule has 1 saturated heterocycles. The van der Waals surface area contributed by atoms with Crippen LogP contribution in [-0.4, -0.2) is 29.2 Å². The van der Waals surface area contributed by atoms with E-state index in [1.165, 1.54) is 0 Å². The van der Waals surface area contributed by atoms with Crippen LogP contribution in [0.4, 0.5) is 5.69 Å². The van der Waals surface area contributed by atoms with Crippen LogP contribution in [0.2, 0.25) is 5.02 Å². The Morgan fingerprint density at radius 3 is 2.29 bits per heavy atom. The highest BCUT2D eigenvalue weighted by Gasteiger charge is 2.51. The van der Waals surface area contributed by atoms with Gasteiger partial charge in [0.1, 0.15) is 0 Å². The summed E-state index contributed by atoms with van der Waals surface area (Å²) in [4.78, 5) is 16.6. The summed E-state index contributed by atoms with van der Waals surface area (Å²) in [6.07, 6.45) is 2.62. The van der Waals surface area contributed by atoms with Crippen molar-refractivity contribution >= 4 is 35.8 Å². The maximum absolute atomic E-state index is 12.4. The molecular weight excluding hydrogens is 375 g/mol. The summed E-state index contributed by atoms with van der Waals surface area (Å²) in [5.41, 5.74) is 2.44. The van der Waals surface area contributed by atoms with Gasteiger partial charge in [-0.15, -0.1) is 0 Å². The molecule has 1 aromatic heterocycles. The van der Waals surface area contributed by atoms with Gasteiger partial charge >= 0.3 is 7.12 Å². The lowest BCUT2D eigenvalue weighted by atomic mass is 9.79. The zero-order chi connectivity index (χ0) is 20.5. The van der Waals surface area contributed by atoms with Gasteiger partial charge in [0.05, 0.1) is 34.0 Å². The number of hydrogen-bond donors (Lipinski definition) is 1. The summed E-state index contributed by atoms with van der Waals surface area (Å²) in [5.74, 6) is -0.126. The minimum absolute atomic E-state index is 0.126. The zero-order valence-electron chi connectivity index (χ0n) is 17.0. The predicted octanol–water partition coefficient (Wildman–Crippen LogP) is 3.78. The van der Waals surface area contributed by atoms with Gasteiger partial charge in [-0.1, -0.05) is 42.8 Å². The lowest BCUT2D eigenvalue weighted by Crippen LogP contribution is -2.41. The second kappa shape index (κ2) is 7.86. The molecule has 0 saturated carbocycles. The molecule has 1 aliphatic rings. The molecule has 2 aromatic rings. The van der Waals surface area contributed by atoms with Gasteiger partial charge in [-0.05, 0) is 51.2 Å². The van der Waals surface area contributed by atoms with Gasteiger partial charge in [0.2, 0.25) is 5.91 Å². The van der Waals surface area contributed by atoms with E-state index in [-0.39, 0.29) is 23.5 Å². The first-order valence-corrected chi connectivity index (χ1v) is 9.88. The first kappa shape index (κ1) is 20.8. The van der Waals surface area contributed by atoms with E-state index in [1.54, 1.807) is 12.3 Å². The number of aryl methyl sites for hydroxylation is 1. The van der Waals surface area contributed by atoms with Crippen molar-refractivity contribution in [3.8, 4) is 0 Å². The van der Waals surface area contributed by atoms with E-state index in [9.17, 15) is 4.79 Å². The maximum Gasteiger partial charge on any atom is 0.494 e. The molecular formula is C21H26BClN2O3. The molecule has 1 fully saturated rings. The fourth-order valence-electron chi connectivity index (χ4n) is 2.98. The van der Waals surface area contributed by atoms with E-state index in [0.717, 1.165) is 16.7 Å². The molecule has 0 spiro atoms. The van der Waals surface area contributed by atoms with Gasteiger partial charge in [0, 0.05) is 6.20 Å². The number of carbonyl (C=O) groups is 1. The number of aromatic nitrogens is 1. The number of halogens is 1. The topological polar surface area (TPSA) is 60.5 Å². The average Bonchev–Trinajstić information content (AvgIpc) is 2.85. The van der Waals surface area contributed by atoms with Crippen molar-refractivity contribution in [3.63, 3.8) is 0 Å². The van der Waals surface area contributed by atoms with Crippen LogP contribution in [0.1, 0.15) is 45.9 Å². The number of amides is 1. The summed E-state index contributed by atoms with van der Waals surface area (Å²) >= 11 is 6.29. The van der Waals surface area contributed by atoms with Gasteiger partial charge in [0.25, 0.3) is 0 Å². The first-order valence-electron chi connectivity index (χ1n) is 9.50. The summed E-state index contributed by atoms with van der Waals surface area (Å²) in [6.45, 7) is 10.1. The van der Waals surface area contributed by atoms with Crippen molar-refractivity contribution in [2.24, 2.45) is 0 Å². The minimum Gasteiger partial charge on any atom is -0.399 e. The van der Waals surface area contributed by atoms with Crippen LogP contribution in [0.5, 0.6) is 0 Å². The molecule has 3 rings (SSSR count). The molecule has 5 nitrogen and oxygen atoms in total. The van der Waals surface area contributed by atoms with Crippen LogP contribution in [0, 0.1) is 0 Å². The van der Waals surface area contributed by atoms with Crippen LogP contribution in [0.3, 0.4) is 0 Å². The van der Waals surface area contributed by atoms with E-state index in [2.05, 4.69) is 10.3 Å². The Morgan fingerprint density at radius 1 is 1.11 bits per heavy atom. The molecule has 0 atom stereocenters. The van der Waals surface area contributed by atoms with Crippen molar-refractivity contribution in [1.29, 1.82) is 0 Å². The van der Waals surface area contributed by atoms with Gasteiger partial charge in [-0.3, -0.25) is 9.78 Å². The quantitative estimate of drug-likeness (QED) is 0.776. The number of nitrogens with one attached hydrogen (secondary N) is 1. The normalized spacial score (nSPS) is 17.6. The van der Waals surface area contributed by atoms with Gasteiger partial charge < -0.3 is 14.6 Å². The Kier molecular flexibility index (Phi) is 5.85. The standard InChI is InChI=1S/C21H26BClN2O3/c1-6-16-19(23)17(11-12-24-16)25-18(26)13-14-7-9-15(10-8-14)22-27-20(2,3)21(4,5)28-22/h7-12H,6,13H2,1-5H3,(H,24,25,26). The van der Waals surface area contributed by atoms with Gasteiger partial charge in [0.15, 0.2) is 0 Å². The zero-order valence-corrected chi connectivity index (χ0v) is 17.8. The van der Waals surface area contributed by atoms with Gasteiger partial charge in [-0.2, -0.15) is 0 Å². The third-order valence-electron chi connectivity index (χ3n) is 5.44. The highest BCUT2D eigenvalue weighted by molar-refractivity contribution is 6.62. The predicted molar refractivity (Wildman–Crippen MR) is 113 cm³/mol. The molecule has 7 heteroatoms. The number of rotatable bonds is 5. The number of benzene rings is 1. The summed E-state index contributed by atoms with van der Waals surface area (Å²) in [6, 6.07) is 9.44. The first-order chi connectivity index (χ1) is 13.1. The van der Waals surface area contributed by atoms with E-state index >= 15 is 0 Å².